The van der Waals surface area contributed by atoms with Gasteiger partial charge in [-0.2, -0.15) is 0 Å². The lowest BCUT2D eigenvalue weighted by molar-refractivity contribution is -0.144. The van der Waals surface area contributed by atoms with Crippen LogP contribution in [-0.2, 0) is 14.3 Å². The summed E-state index contributed by atoms with van der Waals surface area (Å²) in [6, 6.07) is 7.15. The van der Waals surface area contributed by atoms with E-state index in [0.717, 1.165) is 6.42 Å². The zero-order chi connectivity index (χ0) is 16.4. The van der Waals surface area contributed by atoms with Crippen LogP contribution in [0.15, 0.2) is 24.3 Å². The van der Waals surface area contributed by atoms with Crippen LogP contribution in [0.4, 0.5) is 5.69 Å². The van der Waals surface area contributed by atoms with Crippen molar-refractivity contribution >= 4 is 34.9 Å². The number of methoxy groups -OCH3 is 1. The zero-order valence-corrected chi connectivity index (χ0v) is 13.5. The van der Waals surface area contributed by atoms with Gasteiger partial charge in [0.2, 0.25) is 5.91 Å². The van der Waals surface area contributed by atoms with Crippen LogP contribution >= 0.6 is 12.2 Å². The van der Waals surface area contributed by atoms with E-state index in [1.165, 1.54) is 0 Å². The van der Waals surface area contributed by atoms with Gasteiger partial charge in [0.25, 0.3) is 0 Å². The van der Waals surface area contributed by atoms with Gasteiger partial charge in [0.1, 0.15) is 5.75 Å². The molecule has 0 heterocycles. The molecule has 1 amide bonds. The summed E-state index contributed by atoms with van der Waals surface area (Å²) in [5.74, 6) is -0.0460. The Morgan fingerprint density at radius 1 is 1.27 bits per heavy atom. The van der Waals surface area contributed by atoms with Gasteiger partial charge in [-0.05, 0) is 30.8 Å². The fraction of sp³-hybridized carbons (Fsp3) is 0.400. The first-order valence-electron chi connectivity index (χ1n) is 6.95. The molecule has 0 saturated heterocycles. The lowest BCUT2D eigenvalue weighted by Crippen LogP contribution is -2.34. The van der Waals surface area contributed by atoms with Crippen LogP contribution < -0.4 is 15.4 Å². The summed E-state index contributed by atoms with van der Waals surface area (Å²) < 4.78 is 9.98. The topological polar surface area (TPSA) is 76.7 Å². The summed E-state index contributed by atoms with van der Waals surface area (Å²) in [5.41, 5.74) is 0.701. The van der Waals surface area contributed by atoms with Gasteiger partial charge >= 0.3 is 5.97 Å². The van der Waals surface area contributed by atoms with Gasteiger partial charge in [0.05, 0.1) is 20.1 Å². The number of esters is 1. The molecule has 6 nitrogen and oxygen atoms in total. The largest absolute Gasteiger partial charge is 0.497 e. The second-order valence-corrected chi connectivity index (χ2v) is 4.86. The number of nitrogens with one attached hydrogen (secondary N) is 2. The van der Waals surface area contributed by atoms with Crippen LogP contribution in [0.25, 0.3) is 0 Å². The monoisotopic (exact) mass is 324 g/mol. The third-order valence-electron chi connectivity index (χ3n) is 2.60. The highest BCUT2D eigenvalue weighted by Crippen LogP contribution is 2.16. The molecular formula is C15H20N2O4S. The maximum absolute atomic E-state index is 11.7. The maximum Gasteiger partial charge on any atom is 0.306 e. The lowest BCUT2D eigenvalue weighted by Gasteiger charge is -2.10. The number of benzene rings is 1. The number of carbonyl (C=O) groups is 2. The van der Waals surface area contributed by atoms with E-state index in [0.29, 0.717) is 18.0 Å². The SMILES string of the molecule is CCCOC(=O)CCC(=O)NC(=S)Nc1cccc(OC)c1. The number of anilines is 1. The molecule has 0 aliphatic heterocycles. The Balaban J connectivity index is 2.34. The van der Waals surface area contributed by atoms with Gasteiger partial charge in [-0.1, -0.05) is 13.0 Å². The van der Waals surface area contributed by atoms with Crippen molar-refractivity contribution in [2.45, 2.75) is 26.2 Å². The standard InChI is InChI=1S/C15H20N2O4S/c1-3-9-21-14(19)8-7-13(18)17-15(22)16-11-5-4-6-12(10-11)20-2/h4-6,10H,3,7-9H2,1-2H3,(H2,16,17,18,22). The molecule has 0 aliphatic carbocycles. The number of thiocarbonyl (C=S) groups is 1. The van der Waals surface area contributed by atoms with Crippen LogP contribution in [0.5, 0.6) is 5.75 Å². The van der Waals surface area contributed by atoms with Gasteiger partial charge in [0, 0.05) is 18.2 Å². The highest BCUT2D eigenvalue weighted by atomic mass is 32.1. The van der Waals surface area contributed by atoms with E-state index in [2.05, 4.69) is 10.6 Å². The number of amides is 1. The Kier molecular flexibility index (Phi) is 7.91. The van der Waals surface area contributed by atoms with Gasteiger partial charge < -0.3 is 20.1 Å². The van der Waals surface area contributed by atoms with E-state index in [9.17, 15) is 9.59 Å². The molecular weight excluding hydrogens is 304 g/mol. The average molecular weight is 324 g/mol. The molecule has 120 valence electrons. The van der Waals surface area contributed by atoms with Crippen LogP contribution in [-0.4, -0.2) is 30.7 Å². The summed E-state index contributed by atoms with van der Waals surface area (Å²) in [4.78, 5) is 23.0. The minimum absolute atomic E-state index is 0.0302. The number of carbonyl (C=O) groups excluding carboxylic acids is 2. The number of rotatable bonds is 7. The van der Waals surface area contributed by atoms with Gasteiger partial charge in [0.15, 0.2) is 5.11 Å². The van der Waals surface area contributed by atoms with E-state index in [1.54, 1.807) is 31.4 Å². The van der Waals surface area contributed by atoms with Crippen molar-refractivity contribution in [3.63, 3.8) is 0 Å². The van der Waals surface area contributed by atoms with Crippen molar-refractivity contribution in [2.75, 3.05) is 19.0 Å². The van der Waals surface area contributed by atoms with Crippen LogP contribution in [0.3, 0.4) is 0 Å². The van der Waals surface area contributed by atoms with E-state index in [1.807, 2.05) is 6.92 Å². The molecule has 0 unspecified atom stereocenters. The molecule has 0 spiro atoms. The fourth-order valence-corrected chi connectivity index (χ4v) is 1.79. The van der Waals surface area contributed by atoms with Crippen molar-refractivity contribution in [1.29, 1.82) is 0 Å². The third kappa shape index (κ3) is 7.03. The Labute approximate surface area is 135 Å². The molecule has 0 fully saturated rings. The summed E-state index contributed by atoms with van der Waals surface area (Å²) >= 11 is 5.04. The number of hydrogen-bond donors (Lipinski definition) is 2. The molecule has 0 bridgehead atoms. The van der Waals surface area contributed by atoms with Crippen LogP contribution in [0, 0.1) is 0 Å². The first kappa shape index (κ1) is 17.9. The lowest BCUT2D eigenvalue weighted by atomic mass is 10.3. The van der Waals surface area contributed by atoms with E-state index < -0.39 is 0 Å². The summed E-state index contributed by atoms with van der Waals surface area (Å²) in [6.45, 7) is 2.28. The molecule has 1 rings (SSSR count). The zero-order valence-electron chi connectivity index (χ0n) is 12.7. The smallest absolute Gasteiger partial charge is 0.306 e. The Morgan fingerprint density at radius 2 is 2.05 bits per heavy atom. The second-order valence-electron chi connectivity index (χ2n) is 4.45. The van der Waals surface area contributed by atoms with Gasteiger partial charge in [-0.15, -0.1) is 0 Å². The fourth-order valence-electron chi connectivity index (χ4n) is 1.56. The molecule has 1 aromatic carbocycles. The molecule has 7 heteroatoms. The predicted octanol–water partition coefficient (Wildman–Crippen LogP) is 2.24. The van der Waals surface area contributed by atoms with Gasteiger partial charge in [-0.25, -0.2) is 0 Å². The normalized spacial score (nSPS) is 9.73. The maximum atomic E-state index is 11.7. The predicted molar refractivity (Wildman–Crippen MR) is 87.8 cm³/mol. The molecule has 0 saturated carbocycles. The Hall–Kier alpha value is -2.15. The Bertz CT molecular complexity index is 534. The summed E-state index contributed by atoms with van der Waals surface area (Å²) in [7, 11) is 1.57. The molecule has 0 aromatic heterocycles. The highest BCUT2D eigenvalue weighted by Gasteiger charge is 2.09. The van der Waals surface area contributed by atoms with Crippen molar-refractivity contribution in [2.24, 2.45) is 0 Å². The molecule has 1 aromatic rings. The van der Waals surface area contributed by atoms with Crippen molar-refractivity contribution in [3.8, 4) is 5.75 Å². The van der Waals surface area contributed by atoms with Gasteiger partial charge in [-0.3, -0.25) is 9.59 Å². The highest BCUT2D eigenvalue weighted by molar-refractivity contribution is 7.80. The van der Waals surface area contributed by atoms with Crippen LogP contribution in [0.2, 0.25) is 0 Å². The third-order valence-corrected chi connectivity index (χ3v) is 2.81. The van der Waals surface area contributed by atoms with Crippen molar-refractivity contribution in [3.05, 3.63) is 24.3 Å². The summed E-state index contributed by atoms with van der Waals surface area (Å²) in [5, 5.41) is 5.55. The van der Waals surface area contributed by atoms with Crippen molar-refractivity contribution in [1.82, 2.24) is 5.32 Å². The first-order chi connectivity index (χ1) is 10.5. The first-order valence-corrected chi connectivity index (χ1v) is 7.36. The minimum Gasteiger partial charge on any atom is -0.497 e. The molecule has 0 atom stereocenters. The van der Waals surface area contributed by atoms with E-state index >= 15 is 0 Å². The second kappa shape index (κ2) is 9.73. The molecule has 0 radical (unpaired) electrons. The molecule has 0 aliphatic rings. The Morgan fingerprint density at radius 3 is 2.73 bits per heavy atom. The minimum atomic E-state index is -0.385. The number of ether oxygens (including phenoxy) is 2. The quantitative estimate of drug-likeness (QED) is 0.592. The van der Waals surface area contributed by atoms with Crippen molar-refractivity contribution < 1.29 is 19.1 Å². The summed E-state index contributed by atoms with van der Waals surface area (Å²) in [6.07, 6.45) is 0.822. The molecule has 22 heavy (non-hydrogen) atoms. The number of hydrogen-bond acceptors (Lipinski definition) is 5. The van der Waals surface area contributed by atoms with E-state index in [-0.39, 0.29) is 29.8 Å². The van der Waals surface area contributed by atoms with Crippen LogP contribution in [0.1, 0.15) is 26.2 Å². The molecule has 2 N–H and O–H groups in total. The average Bonchev–Trinajstić information content (AvgIpc) is 2.50. The van der Waals surface area contributed by atoms with E-state index in [4.69, 9.17) is 21.7 Å².